The quantitative estimate of drug-likeness (QED) is 0.330. The maximum atomic E-state index is 13.7. The van der Waals surface area contributed by atoms with Gasteiger partial charge in [0, 0.05) is 0 Å². The van der Waals surface area contributed by atoms with Crippen LogP contribution < -0.4 is 15.8 Å². The van der Waals surface area contributed by atoms with Gasteiger partial charge in [-0.2, -0.15) is 0 Å². The van der Waals surface area contributed by atoms with E-state index in [9.17, 15) is 9.18 Å². The predicted molar refractivity (Wildman–Crippen MR) is 67.9 cm³/mol. The molecule has 0 radical (unpaired) electrons. The molecule has 104 valence electrons. The molecule has 0 unspecified atom stereocenters. The highest BCUT2D eigenvalue weighted by Crippen LogP contribution is 2.21. The summed E-state index contributed by atoms with van der Waals surface area (Å²) in [6.07, 6.45) is 0. The topological polar surface area (TPSA) is 96.9 Å². The van der Waals surface area contributed by atoms with Crippen LogP contribution in [0.1, 0.15) is 24.2 Å². The SMILES string of the molecule is COc1cccc(F)c1C(=O)NC(C)(C)C(N)=NO. The van der Waals surface area contributed by atoms with E-state index in [0.29, 0.717) is 0 Å². The van der Waals surface area contributed by atoms with Crippen LogP contribution in [0, 0.1) is 5.82 Å². The fourth-order valence-corrected chi connectivity index (χ4v) is 1.43. The number of nitrogens with zero attached hydrogens (tertiary/aromatic N) is 1. The Bertz CT molecular complexity index is 515. The van der Waals surface area contributed by atoms with Gasteiger partial charge in [-0.3, -0.25) is 4.79 Å². The molecule has 0 aliphatic heterocycles. The zero-order valence-corrected chi connectivity index (χ0v) is 10.9. The molecule has 19 heavy (non-hydrogen) atoms. The zero-order chi connectivity index (χ0) is 14.6. The van der Waals surface area contributed by atoms with E-state index >= 15 is 0 Å². The van der Waals surface area contributed by atoms with E-state index < -0.39 is 17.3 Å². The van der Waals surface area contributed by atoms with Crippen LogP contribution >= 0.6 is 0 Å². The standard InChI is InChI=1S/C12H16FN3O3/c1-12(2,11(14)16-18)15-10(17)9-7(13)5-4-6-8(9)19-3/h4-6,18H,1-3H3,(H2,14,16)(H,15,17). The summed E-state index contributed by atoms with van der Waals surface area (Å²) in [5, 5.41) is 13.9. The van der Waals surface area contributed by atoms with Crippen molar-refractivity contribution in [3.8, 4) is 5.75 Å². The van der Waals surface area contributed by atoms with Gasteiger partial charge in [-0.1, -0.05) is 11.2 Å². The number of rotatable bonds is 4. The first kappa shape index (κ1) is 14.7. The molecule has 6 nitrogen and oxygen atoms in total. The average molecular weight is 269 g/mol. The van der Waals surface area contributed by atoms with E-state index in [0.717, 1.165) is 6.07 Å². The number of nitrogens with two attached hydrogens (primary N) is 1. The van der Waals surface area contributed by atoms with Gasteiger partial charge in [-0.15, -0.1) is 0 Å². The molecule has 0 heterocycles. The summed E-state index contributed by atoms with van der Waals surface area (Å²) in [7, 11) is 1.33. The van der Waals surface area contributed by atoms with Gasteiger partial charge >= 0.3 is 0 Å². The summed E-state index contributed by atoms with van der Waals surface area (Å²) in [5.41, 5.74) is 4.09. The molecular weight excluding hydrogens is 253 g/mol. The van der Waals surface area contributed by atoms with Crippen molar-refractivity contribution in [3.63, 3.8) is 0 Å². The lowest BCUT2D eigenvalue weighted by atomic mass is 10.0. The lowest BCUT2D eigenvalue weighted by Gasteiger charge is -2.25. The first-order valence-electron chi connectivity index (χ1n) is 5.46. The van der Waals surface area contributed by atoms with Crippen LogP contribution in [0.25, 0.3) is 0 Å². The van der Waals surface area contributed by atoms with Crippen LogP contribution in [0.2, 0.25) is 0 Å². The molecular formula is C12H16FN3O3. The molecule has 1 aromatic carbocycles. The smallest absolute Gasteiger partial charge is 0.258 e. The molecule has 1 amide bonds. The third-order valence-corrected chi connectivity index (χ3v) is 2.60. The Kier molecular flexibility index (Phi) is 4.31. The Morgan fingerprint density at radius 3 is 2.68 bits per heavy atom. The van der Waals surface area contributed by atoms with Gasteiger partial charge in [-0.25, -0.2) is 4.39 Å². The van der Waals surface area contributed by atoms with Crippen LogP contribution in [0.3, 0.4) is 0 Å². The molecule has 0 aromatic heterocycles. The number of amides is 1. The van der Waals surface area contributed by atoms with Crippen molar-refractivity contribution in [1.29, 1.82) is 0 Å². The molecule has 1 aromatic rings. The predicted octanol–water partition coefficient (Wildman–Crippen LogP) is 1.09. The van der Waals surface area contributed by atoms with Crippen LogP contribution in [-0.2, 0) is 0 Å². The Morgan fingerprint density at radius 1 is 1.53 bits per heavy atom. The number of hydrogen-bond acceptors (Lipinski definition) is 4. The minimum atomic E-state index is -1.13. The van der Waals surface area contributed by atoms with Gasteiger partial charge in [0.1, 0.15) is 17.1 Å². The summed E-state index contributed by atoms with van der Waals surface area (Å²) >= 11 is 0. The van der Waals surface area contributed by atoms with Crippen LogP contribution in [-0.4, -0.2) is 29.6 Å². The van der Waals surface area contributed by atoms with Crippen molar-refractivity contribution in [2.75, 3.05) is 7.11 Å². The maximum absolute atomic E-state index is 13.7. The summed E-state index contributed by atoms with van der Waals surface area (Å²) < 4.78 is 18.6. The molecule has 1 rings (SSSR count). The monoisotopic (exact) mass is 269 g/mol. The van der Waals surface area contributed by atoms with Crippen LogP contribution in [0.4, 0.5) is 4.39 Å². The number of hydrogen-bond donors (Lipinski definition) is 3. The highest BCUT2D eigenvalue weighted by atomic mass is 19.1. The second-order valence-corrected chi connectivity index (χ2v) is 4.38. The summed E-state index contributed by atoms with van der Waals surface area (Å²) in [6.45, 7) is 3.04. The van der Waals surface area contributed by atoms with Crippen LogP contribution in [0.15, 0.2) is 23.4 Å². The van der Waals surface area contributed by atoms with E-state index in [1.54, 1.807) is 0 Å². The zero-order valence-electron chi connectivity index (χ0n) is 10.9. The highest BCUT2D eigenvalue weighted by Gasteiger charge is 2.28. The molecule has 0 bridgehead atoms. The van der Waals surface area contributed by atoms with E-state index in [1.807, 2.05) is 0 Å². The fourth-order valence-electron chi connectivity index (χ4n) is 1.43. The molecule has 0 aliphatic rings. The number of nitrogens with one attached hydrogen (secondary N) is 1. The van der Waals surface area contributed by atoms with E-state index in [-0.39, 0.29) is 17.1 Å². The minimum absolute atomic E-state index is 0.104. The van der Waals surface area contributed by atoms with E-state index in [4.69, 9.17) is 15.7 Å². The van der Waals surface area contributed by atoms with Crippen molar-refractivity contribution in [1.82, 2.24) is 5.32 Å². The molecule has 0 aliphatic carbocycles. The summed E-state index contributed by atoms with van der Waals surface area (Å²) in [6, 6.07) is 4.04. The third kappa shape index (κ3) is 3.12. The van der Waals surface area contributed by atoms with Crippen molar-refractivity contribution in [2.45, 2.75) is 19.4 Å². The number of carbonyl (C=O) groups excluding carboxylic acids is 1. The summed E-state index contributed by atoms with van der Waals surface area (Å²) in [4.78, 5) is 12.1. The largest absolute Gasteiger partial charge is 0.496 e. The normalized spacial score (nSPS) is 12.1. The molecule has 0 saturated heterocycles. The second-order valence-electron chi connectivity index (χ2n) is 4.38. The number of ether oxygens (including phenoxy) is 1. The lowest BCUT2D eigenvalue weighted by molar-refractivity contribution is 0.0923. The van der Waals surface area contributed by atoms with Crippen molar-refractivity contribution in [3.05, 3.63) is 29.6 Å². The highest BCUT2D eigenvalue weighted by molar-refractivity contribution is 6.01. The molecule has 0 fully saturated rings. The second kappa shape index (κ2) is 5.55. The Balaban J connectivity index is 3.09. The molecule has 0 saturated carbocycles. The average Bonchev–Trinajstić information content (AvgIpc) is 2.36. The van der Waals surface area contributed by atoms with Gasteiger partial charge in [-0.05, 0) is 26.0 Å². The lowest BCUT2D eigenvalue weighted by Crippen LogP contribution is -2.53. The number of halogens is 1. The van der Waals surface area contributed by atoms with Crippen molar-refractivity contribution in [2.24, 2.45) is 10.9 Å². The first-order chi connectivity index (χ1) is 8.83. The first-order valence-corrected chi connectivity index (χ1v) is 5.46. The summed E-state index contributed by atoms with van der Waals surface area (Å²) in [5.74, 6) is -1.53. The van der Waals surface area contributed by atoms with E-state index in [1.165, 1.54) is 33.1 Å². The van der Waals surface area contributed by atoms with Gasteiger partial charge in [0.05, 0.1) is 12.6 Å². The number of benzene rings is 1. The van der Waals surface area contributed by atoms with E-state index in [2.05, 4.69) is 10.5 Å². The Hall–Kier alpha value is -2.31. The maximum Gasteiger partial charge on any atom is 0.258 e. The number of amidine groups is 1. The van der Waals surface area contributed by atoms with Crippen molar-refractivity contribution >= 4 is 11.7 Å². The van der Waals surface area contributed by atoms with Crippen molar-refractivity contribution < 1.29 is 19.1 Å². The van der Waals surface area contributed by atoms with Gasteiger partial charge in [0.15, 0.2) is 5.84 Å². The number of carbonyl (C=O) groups is 1. The Morgan fingerprint density at radius 2 is 2.16 bits per heavy atom. The molecule has 0 spiro atoms. The fraction of sp³-hybridized carbons (Fsp3) is 0.333. The third-order valence-electron chi connectivity index (χ3n) is 2.60. The molecule has 0 atom stereocenters. The minimum Gasteiger partial charge on any atom is -0.496 e. The van der Waals surface area contributed by atoms with Gasteiger partial charge in [0.25, 0.3) is 5.91 Å². The number of methoxy groups -OCH3 is 1. The van der Waals surface area contributed by atoms with Gasteiger partial charge < -0.3 is 21.0 Å². The molecule has 7 heteroatoms. The number of oxime groups is 1. The molecule has 4 N–H and O–H groups in total. The van der Waals surface area contributed by atoms with Crippen LogP contribution in [0.5, 0.6) is 5.75 Å². The Labute approximate surface area is 110 Å². The van der Waals surface area contributed by atoms with Gasteiger partial charge in [0.2, 0.25) is 0 Å².